The molecule has 2 heteroatoms. The SMILES string of the molecule is CC1(C)c2ccccc2-c2ccc(N(c3ccccc3)c3ccc4c(c3)C(C)(C)c3ccc5c(oc6ccccc65)c3-4)cc21. The third-order valence-electron chi connectivity index (χ3n) is 10.3. The minimum atomic E-state index is -0.169. The van der Waals surface area contributed by atoms with Gasteiger partial charge in [0, 0.05) is 44.2 Å². The highest BCUT2D eigenvalue weighted by molar-refractivity contribution is 6.12. The van der Waals surface area contributed by atoms with E-state index in [0.717, 1.165) is 22.5 Å². The third-order valence-corrected chi connectivity index (χ3v) is 10.3. The van der Waals surface area contributed by atoms with E-state index in [9.17, 15) is 0 Å². The van der Waals surface area contributed by atoms with Gasteiger partial charge in [0.25, 0.3) is 0 Å². The maximum atomic E-state index is 6.54. The first kappa shape index (κ1) is 25.4. The van der Waals surface area contributed by atoms with Crippen molar-refractivity contribution in [3.8, 4) is 22.3 Å². The first-order chi connectivity index (χ1) is 21.3. The quantitative estimate of drug-likeness (QED) is 0.211. The summed E-state index contributed by atoms with van der Waals surface area (Å²) in [5.41, 5.74) is 15.8. The molecule has 2 nitrogen and oxygen atoms in total. The molecule has 6 aromatic carbocycles. The Morgan fingerprint density at radius 1 is 0.455 bits per heavy atom. The lowest BCUT2D eigenvalue weighted by molar-refractivity contribution is 0.653. The Labute approximate surface area is 258 Å². The lowest BCUT2D eigenvalue weighted by Gasteiger charge is -2.29. The van der Waals surface area contributed by atoms with E-state index in [4.69, 9.17) is 4.42 Å². The standard InChI is InChI=1S/C42H33NO/c1-41(2)34-16-10-8-14-29(34)30-20-18-27(24-36(30)41)43(26-12-6-5-7-13-26)28-19-21-33-37(25-28)42(3,4)35-23-22-32-31-15-9-11-17-38(31)44-40(32)39(33)35/h5-25H,1-4H3. The van der Waals surface area contributed by atoms with Crippen molar-refractivity contribution in [1.29, 1.82) is 0 Å². The second kappa shape index (κ2) is 8.74. The van der Waals surface area contributed by atoms with Gasteiger partial charge in [-0.2, -0.15) is 0 Å². The van der Waals surface area contributed by atoms with Crippen molar-refractivity contribution in [1.82, 2.24) is 0 Å². The van der Waals surface area contributed by atoms with Gasteiger partial charge in [-0.25, -0.2) is 0 Å². The molecule has 0 saturated heterocycles. The smallest absolute Gasteiger partial charge is 0.143 e. The van der Waals surface area contributed by atoms with Crippen LogP contribution in [0, 0.1) is 0 Å². The summed E-state index contributed by atoms with van der Waals surface area (Å²) in [6, 6.07) is 46.5. The predicted octanol–water partition coefficient (Wildman–Crippen LogP) is 11.7. The van der Waals surface area contributed by atoms with Crippen molar-refractivity contribution in [2.24, 2.45) is 0 Å². The molecule has 44 heavy (non-hydrogen) atoms. The van der Waals surface area contributed by atoms with Crippen LogP contribution < -0.4 is 4.90 Å². The zero-order chi connectivity index (χ0) is 29.8. The molecule has 0 amide bonds. The molecule has 0 unspecified atom stereocenters. The molecule has 2 aliphatic carbocycles. The summed E-state index contributed by atoms with van der Waals surface area (Å²) in [4.78, 5) is 2.41. The molecule has 0 aliphatic heterocycles. The van der Waals surface area contributed by atoms with Crippen molar-refractivity contribution in [3.05, 3.63) is 150 Å². The second-order valence-corrected chi connectivity index (χ2v) is 13.4. The van der Waals surface area contributed by atoms with Crippen LogP contribution in [0.3, 0.4) is 0 Å². The monoisotopic (exact) mass is 567 g/mol. The van der Waals surface area contributed by atoms with Gasteiger partial charge in [-0.05, 0) is 81.4 Å². The molecule has 0 spiro atoms. The normalized spacial score (nSPS) is 15.2. The number of fused-ring (bicyclic) bond motifs is 10. The maximum Gasteiger partial charge on any atom is 0.143 e. The van der Waals surface area contributed by atoms with Gasteiger partial charge in [0.05, 0.1) is 0 Å². The van der Waals surface area contributed by atoms with Crippen LogP contribution in [0.2, 0.25) is 0 Å². The molecular weight excluding hydrogens is 534 g/mol. The van der Waals surface area contributed by atoms with E-state index in [1.165, 1.54) is 61.0 Å². The van der Waals surface area contributed by atoms with E-state index in [1.807, 2.05) is 6.07 Å². The van der Waals surface area contributed by atoms with E-state index in [0.29, 0.717) is 0 Å². The van der Waals surface area contributed by atoms with Gasteiger partial charge < -0.3 is 9.32 Å². The minimum absolute atomic E-state index is 0.0657. The molecule has 0 radical (unpaired) electrons. The lowest BCUT2D eigenvalue weighted by atomic mass is 9.82. The first-order valence-corrected chi connectivity index (χ1v) is 15.5. The molecule has 1 aromatic heterocycles. The number of para-hydroxylation sites is 2. The minimum Gasteiger partial charge on any atom is -0.455 e. The average Bonchev–Trinajstić information content (AvgIpc) is 3.62. The topological polar surface area (TPSA) is 16.4 Å². The highest BCUT2D eigenvalue weighted by atomic mass is 16.3. The molecule has 0 saturated carbocycles. The highest BCUT2D eigenvalue weighted by Gasteiger charge is 2.39. The van der Waals surface area contributed by atoms with Crippen LogP contribution >= 0.6 is 0 Å². The molecule has 212 valence electrons. The van der Waals surface area contributed by atoms with Crippen LogP contribution in [-0.2, 0) is 10.8 Å². The number of hydrogen-bond donors (Lipinski definition) is 0. The molecule has 1 heterocycles. The van der Waals surface area contributed by atoms with Gasteiger partial charge in [0.1, 0.15) is 11.2 Å². The molecule has 9 rings (SSSR count). The van der Waals surface area contributed by atoms with Crippen molar-refractivity contribution < 1.29 is 4.42 Å². The Balaban J connectivity index is 1.24. The van der Waals surface area contributed by atoms with Crippen molar-refractivity contribution >= 4 is 39.0 Å². The van der Waals surface area contributed by atoms with E-state index in [1.54, 1.807) is 0 Å². The number of benzene rings is 6. The Bertz CT molecular complexity index is 2290. The summed E-state index contributed by atoms with van der Waals surface area (Å²) in [5, 5.41) is 2.35. The fourth-order valence-electron chi connectivity index (χ4n) is 7.98. The fraction of sp³-hybridized carbons (Fsp3) is 0.143. The number of furan rings is 1. The summed E-state index contributed by atoms with van der Waals surface area (Å²) >= 11 is 0. The maximum absolute atomic E-state index is 6.54. The average molecular weight is 568 g/mol. The fourth-order valence-corrected chi connectivity index (χ4v) is 7.98. The van der Waals surface area contributed by atoms with Gasteiger partial charge in [0.15, 0.2) is 0 Å². The van der Waals surface area contributed by atoms with Gasteiger partial charge >= 0.3 is 0 Å². The van der Waals surface area contributed by atoms with Crippen LogP contribution in [0.15, 0.2) is 132 Å². The van der Waals surface area contributed by atoms with Crippen LogP contribution in [0.4, 0.5) is 17.1 Å². The molecule has 0 fully saturated rings. The Morgan fingerprint density at radius 3 is 1.86 bits per heavy atom. The molecular formula is C42H33NO. The van der Waals surface area contributed by atoms with Crippen LogP contribution in [0.1, 0.15) is 49.9 Å². The molecule has 0 bridgehead atoms. The van der Waals surface area contributed by atoms with Crippen molar-refractivity contribution in [3.63, 3.8) is 0 Å². The third kappa shape index (κ3) is 3.31. The molecule has 0 N–H and O–H groups in total. The summed E-state index contributed by atoms with van der Waals surface area (Å²) in [5.74, 6) is 0. The summed E-state index contributed by atoms with van der Waals surface area (Å²) in [6.45, 7) is 9.39. The van der Waals surface area contributed by atoms with Gasteiger partial charge in [-0.1, -0.05) is 113 Å². The number of rotatable bonds is 3. The van der Waals surface area contributed by atoms with E-state index >= 15 is 0 Å². The van der Waals surface area contributed by atoms with E-state index < -0.39 is 0 Å². The molecule has 2 aliphatic rings. The van der Waals surface area contributed by atoms with E-state index in [2.05, 4.69) is 154 Å². The largest absolute Gasteiger partial charge is 0.455 e. The van der Waals surface area contributed by atoms with Gasteiger partial charge in [0.2, 0.25) is 0 Å². The summed E-state index contributed by atoms with van der Waals surface area (Å²) < 4.78 is 6.54. The zero-order valence-corrected chi connectivity index (χ0v) is 25.5. The number of nitrogens with zero attached hydrogens (tertiary/aromatic N) is 1. The van der Waals surface area contributed by atoms with E-state index in [-0.39, 0.29) is 10.8 Å². The summed E-state index contributed by atoms with van der Waals surface area (Å²) in [7, 11) is 0. The van der Waals surface area contributed by atoms with Crippen molar-refractivity contribution in [2.45, 2.75) is 38.5 Å². The molecule has 0 atom stereocenters. The van der Waals surface area contributed by atoms with Crippen LogP contribution in [-0.4, -0.2) is 0 Å². The number of anilines is 3. The lowest BCUT2D eigenvalue weighted by Crippen LogP contribution is -2.18. The molecule has 7 aromatic rings. The second-order valence-electron chi connectivity index (χ2n) is 13.4. The Hall–Kier alpha value is -5.08. The number of hydrogen-bond acceptors (Lipinski definition) is 2. The summed E-state index contributed by atoms with van der Waals surface area (Å²) in [6.07, 6.45) is 0. The van der Waals surface area contributed by atoms with Crippen LogP contribution in [0.25, 0.3) is 44.2 Å². The van der Waals surface area contributed by atoms with Crippen LogP contribution in [0.5, 0.6) is 0 Å². The van der Waals surface area contributed by atoms with Crippen molar-refractivity contribution in [2.75, 3.05) is 4.90 Å². The Kier molecular flexibility index (Phi) is 5.05. The van der Waals surface area contributed by atoms with Gasteiger partial charge in [-0.15, -0.1) is 0 Å². The first-order valence-electron chi connectivity index (χ1n) is 15.5. The Morgan fingerprint density at radius 2 is 1.07 bits per heavy atom. The highest BCUT2D eigenvalue weighted by Crippen LogP contribution is 2.55. The van der Waals surface area contributed by atoms with Gasteiger partial charge in [-0.3, -0.25) is 0 Å². The predicted molar refractivity (Wildman–Crippen MR) is 184 cm³/mol. The zero-order valence-electron chi connectivity index (χ0n) is 25.5.